The highest BCUT2D eigenvalue weighted by Crippen LogP contribution is 2.22. The van der Waals surface area contributed by atoms with Gasteiger partial charge in [-0.3, -0.25) is 9.69 Å². The van der Waals surface area contributed by atoms with Crippen molar-refractivity contribution in [3.05, 3.63) is 41.7 Å². The molecular formula is C20H27FN2O. The summed E-state index contributed by atoms with van der Waals surface area (Å²) < 4.78 is 12.9. The summed E-state index contributed by atoms with van der Waals surface area (Å²) in [6.07, 6.45) is 10.6. The first-order chi connectivity index (χ1) is 11.7. The molecule has 130 valence electrons. The number of hydrogen-bond donors (Lipinski definition) is 1. The number of piperidine rings is 1. The van der Waals surface area contributed by atoms with Gasteiger partial charge in [0.2, 0.25) is 5.91 Å². The standard InChI is InChI=1S/C20H27FN2O/c21-18-8-5-16(6-9-18)3-1-13-23-14-2-4-17(15-23)7-12-20(24)22-19-10-11-19/h1,3,5-6,8-9,17,19H,2,4,7,10-15H2,(H,22,24). The molecule has 1 aliphatic heterocycles. The van der Waals surface area contributed by atoms with E-state index in [4.69, 9.17) is 0 Å². The van der Waals surface area contributed by atoms with Crippen LogP contribution >= 0.6 is 0 Å². The molecule has 3 nitrogen and oxygen atoms in total. The van der Waals surface area contributed by atoms with Gasteiger partial charge in [-0.1, -0.05) is 24.3 Å². The fourth-order valence-corrected chi connectivity index (χ4v) is 3.33. The van der Waals surface area contributed by atoms with Crippen LogP contribution < -0.4 is 5.32 Å². The molecule has 1 aromatic carbocycles. The van der Waals surface area contributed by atoms with Crippen LogP contribution in [0.25, 0.3) is 6.08 Å². The summed E-state index contributed by atoms with van der Waals surface area (Å²) in [7, 11) is 0. The van der Waals surface area contributed by atoms with Crippen LogP contribution in [0.5, 0.6) is 0 Å². The second kappa shape index (κ2) is 8.43. The predicted octanol–water partition coefficient (Wildman–Crippen LogP) is 3.61. The van der Waals surface area contributed by atoms with Crippen LogP contribution in [0.2, 0.25) is 0 Å². The van der Waals surface area contributed by atoms with Crippen LogP contribution in [0.1, 0.15) is 44.1 Å². The van der Waals surface area contributed by atoms with Crippen molar-refractivity contribution in [1.29, 1.82) is 0 Å². The maximum Gasteiger partial charge on any atom is 0.220 e. The summed E-state index contributed by atoms with van der Waals surface area (Å²) in [4.78, 5) is 14.3. The number of amides is 1. The van der Waals surface area contributed by atoms with Gasteiger partial charge in [0, 0.05) is 25.6 Å². The van der Waals surface area contributed by atoms with Crippen molar-refractivity contribution < 1.29 is 9.18 Å². The summed E-state index contributed by atoms with van der Waals surface area (Å²) in [5, 5.41) is 3.07. The Morgan fingerprint density at radius 2 is 2.04 bits per heavy atom. The number of nitrogens with one attached hydrogen (secondary N) is 1. The zero-order valence-electron chi connectivity index (χ0n) is 14.2. The highest BCUT2D eigenvalue weighted by Gasteiger charge is 2.24. The Morgan fingerprint density at radius 3 is 2.79 bits per heavy atom. The van der Waals surface area contributed by atoms with E-state index in [9.17, 15) is 9.18 Å². The number of rotatable bonds is 7. The van der Waals surface area contributed by atoms with Crippen LogP contribution in [0.4, 0.5) is 4.39 Å². The number of benzene rings is 1. The number of halogens is 1. The SMILES string of the molecule is O=C(CCC1CCCN(CC=Cc2ccc(F)cc2)C1)NC1CC1. The monoisotopic (exact) mass is 330 g/mol. The normalized spacial score (nSPS) is 22.0. The van der Waals surface area contributed by atoms with Gasteiger partial charge >= 0.3 is 0 Å². The quantitative estimate of drug-likeness (QED) is 0.828. The van der Waals surface area contributed by atoms with Crippen LogP contribution in [0.15, 0.2) is 30.3 Å². The number of likely N-dealkylation sites (tertiary alicyclic amines) is 1. The fraction of sp³-hybridized carbons (Fsp3) is 0.550. The van der Waals surface area contributed by atoms with Crippen LogP contribution in [-0.4, -0.2) is 36.5 Å². The highest BCUT2D eigenvalue weighted by molar-refractivity contribution is 5.76. The second-order valence-corrected chi connectivity index (χ2v) is 7.10. The van der Waals surface area contributed by atoms with E-state index in [0.29, 0.717) is 18.4 Å². The Kier molecular flexibility index (Phi) is 6.02. The average molecular weight is 330 g/mol. The van der Waals surface area contributed by atoms with Crippen molar-refractivity contribution in [1.82, 2.24) is 10.2 Å². The van der Waals surface area contributed by atoms with Crippen molar-refractivity contribution in [3.8, 4) is 0 Å². The number of carbonyl (C=O) groups is 1. The van der Waals surface area contributed by atoms with Crippen molar-refractivity contribution >= 4 is 12.0 Å². The second-order valence-electron chi connectivity index (χ2n) is 7.10. The maximum atomic E-state index is 12.9. The zero-order valence-corrected chi connectivity index (χ0v) is 14.2. The van der Waals surface area contributed by atoms with Gasteiger partial charge in [-0.05, 0) is 62.3 Å². The Bertz CT molecular complexity index is 566. The van der Waals surface area contributed by atoms with Crippen molar-refractivity contribution in [2.45, 2.75) is 44.6 Å². The fourth-order valence-electron chi connectivity index (χ4n) is 3.33. The third kappa shape index (κ3) is 5.75. The number of nitrogens with zero attached hydrogens (tertiary/aromatic N) is 1. The average Bonchev–Trinajstić information content (AvgIpc) is 3.39. The summed E-state index contributed by atoms with van der Waals surface area (Å²) >= 11 is 0. The first-order valence-corrected chi connectivity index (χ1v) is 9.13. The topological polar surface area (TPSA) is 32.3 Å². The molecule has 1 unspecified atom stereocenters. The third-order valence-electron chi connectivity index (χ3n) is 4.87. The number of hydrogen-bond acceptors (Lipinski definition) is 2. The molecule has 1 heterocycles. The first kappa shape index (κ1) is 17.2. The minimum absolute atomic E-state index is 0.197. The molecule has 3 rings (SSSR count). The van der Waals surface area contributed by atoms with Crippen molar-refractivity contribution in [3.63, 3.8) is 0 Å². The van der Waals surface area contributed by atoms with Crippen LogP contribution in [-0.2, 0) is 4.79 Å². The summed E-state index contributed by atoms with van der Waals surface area (Å²) in [5.41, 5.74) is 1.03. The summed E-state index contributed by atoms with van der Waals surface area (Å²) in [6, 6.07) is 7.04. The predicted molar refractivity (Wildman–Crippen MR) is 95.0 cm³/mol. The molecule has 1 saturated heterocycles. The third-order valence-corrected chi connectivity index (χ3v) is 4.87. The van der Waals surface area contributed by atoms with Gasteiger partial charge in [0.05, 0.1) is 0 Å². The van der Waals surface area contributed by atoms with E-state index in [0.717, 1.165) is 44.5 Å². The van der Waals surface area contributed by atoms with Gasteiger partial charge in [0.1, 0.15) is 5.82 Å². The van der Waals surface area contributed by atoms with Gasteiger partial charge in [0.25, 0.3) is 0 Å². The summed E-state index contributed by atoms with van der Waals surface area (Å²) in [5.74, 6) is 0.658. The lowest BCUT2D eigenvalue weighted by atomic mass is 9.93. The van der Waals surface area contributed by atoms with E-state index in [1.165, 1.54) is 25.0 Å². The van der Waals surface area contributed by atoms with Gasteiger partial charge in [0.15, 0.2) is 0 Å². The first-order valence-electron chi connectivity index (χ1n) is 9.13. The van der Waals surface area contributed by atoms with Gasteiger partial charge in [-0.25, -0.2) is 4.39 Å². The Balaban J connectivity index is 1.38. The van der Waals surface area contributed by atoms with Crippen LogP contribution in [0.3, 0.4) is 0 Å². The lowest BCUT2D eigenvalue weighted by molar-refractivity contribution is -0.121. The summed E-state index contributed by atoms with van der Waals surface area (Å²) in [6.45, 7) is 3.12. The molecule has 0 aromatic heterocycles. The minimum Gasteiger partial charge on any atom is -0.353 e. The molecule has 2 aliphatic rings. The van der Waals surface area contributed by atoms with Crippen molar-refractivity contribution in [2.24, 2.45) is 5.92 Å². The number of carbonyl (C=O) groups excluding carboxylic acids is 1. The van der Waals surface area contributed by atoms with E-state index >= 15 is 0 Å². The molecule has 1 saturated carbocycles. The molecule has 4 heteroatoms. The smallest absolute Gasteiger partial charge is 0.220 e. The van der Waals surface area contributed by atoms with Gasteiger partial charge in [-0.2, -0.15) is 0 Å². The molecule has 1 aliphatic carbocycles. The molecule has 1 aromatic rings. The molecule has 0 spiro atoms. The molecule has 2 fully saturated rings. The Hall–Kier alpha value is -1.68. The van der Waals surface area contributed by atoms with E-state index in [1.807, 2.05) is 6.08 Å². The van der Waals surface area contributed by atoms with E-state index in [2.05, 4.69) is 16.3 Å². The molecular weight excluding hydrogens is 303 g/mol. The highest BCUT2D eigenvalue weighted by atomic mass is 19.1. The molecule has 1 amide bonds. The van der Waals surface area contributed by atoms with Gasteiger partial charge < -0.3 is 5.32 Å². The largest absolute Gasteiger partial charge is 0.353 e. The molecule has 0 radical (unpaired) electrons. The maximum absolute atomic E-state index is 12.9. The molecule has 1 atom stereocenters. The zero-order chi connectivity index (χ0) is 16.8. The molecule has 24 heavy (non-hydrogen) atoms. The lowest BCUT2D eigenvalue weighted by Gasteiger charge is -2.31. The Morgan fingerprint density at radius 1 is 1.25 bits per heavy atom. The van der Waals surface area contributed by atoms with E-state index in [-0.39, 0.29) is 11.7 Å². The minimum atomic E-state index is -0.197. The Labute approximate surface area is 143 Å². The molecule has 1 N–H and O–H groups in total. The van der Waals surface area contributed by atoms with Crippen molar-refractivity contribution in [2.75, 3.05) is 19.6 Å². The lowest BCUT2D eigenvalue weighted by Crippen LogP contribution is -2.36. The van der Waals surface area contributed by atoms with Gasteiger partial charge in [-0.15, -0.1) is 0 Å². The van der Waals surface area contributed by atoms with E-state index < -0.39 is 0 Å². The van der Waals surface area contributed by atoms with Crippen LogP contribution in [0, 0.1) is 11.7 Å². The van der Waals surface area contributed by atoms with E-state index in [1.54, 1.807) is 12.1 Å². The molecule has 0 bridgehead atoms.